The number of nitrogens with two attached hydrogens (primary N) is 1. The van der Waals surface area contributed by atoms with E-state index in [2.05, 4.69) is 15.0 Å². The molecule has 0 aliphatic carbocycles. The van der Waals surface area contributed by atoms with Gasteiger partial charge in [0.1, 0.15) is 5.69 Å². The summed E-state index contributed by atoms with van der Waals surface area (Å²) in [4.78, 5) is 13.3. The molecule has 0 radical (unpaired) electrons. The first kappa shape index (κ1) is 13.9. The van der Waals surface area contributed by atoms with Gasteiger partial charge in [0.15, 0.2) is 5.82 Å². The van der Waals surface area contributed by atoms with Crippen LogP contribution in [0.15, 0.2) is 18.3 Å². The fraction of sp³-hybridized carbons (Fsp3) is 0.357. The van der Waals surface area contributed by atoms with Crippen molar-refractivity contribution in [2.45, 2.75) is 26.7 Å². The number of rotatable bonds is 4. The zero-order valence-corrected chi connectivity index (χ0v) is 11.9. The van der Waals surface area contributed by atoms with Gasteiger partial charge in [0.05, 0.1) is 5.02 Å². The van der Waals surface area contributed by atoms with E-state index in [1.165, 1.54) is 5.56 Å². The predicted molar refractivity (Wildman–Crippen MR) is 77.1 cm³/mol. The zero-order chi connectivity index (χ0) is 13.8. The van der Waals surface area contributed by atoms with Crippen LogP contribution in [-0.4, -0.2) is 21.5 Å². The van der Waals surface area contributed by atoms with Crippen molar-refractivity contribution in [2.75, 3.05) is 6.54 Å². The van der Waals surface area contributed by atoms with Gasteiger partial charge in [-0.2, -0.15) is 0 Å². The van der Waals surface area contributed by atoms with Gasteiger partial charge in [-0.15, -0.1) is 0 Å². The minimum atomic E-state index is 0.608. The van der Waals surface area contributed by atoms with Crippen molar-refractivity contribution in [1.29, 1.82) is 0 Å². The van der Waals surface area contributed by atoms with E-state index in [1.54, 1.807) is 12.3 Å². The third kappa shape index (κ3) is 3.28. The van der Waals surface area contributed by atoms with Crippen LogP contribution >= 0.6 is 11.6 Å². The monoisotopic (exact) mass is 276 g/mol. The van der Waals surface area contributed by atoms with Crippen LogP contribution in [0.1, 0.15) is 23.4 Å². The first-order chi connectivity index (χ1) is 9.11. The standard InChI is InChI=1S/C14H17ClN4/c1-9-12(4-3-7-16)10(2)19-14(18-9)13-6-5-11(15)8-17-13/h5-6,8H,3-4,7,16H2,1-2H3. The van der Waals surface area contributed by atoms with Gasteiger partial charge in [0.2, 0.25) is 0 Å². The van der Waals surface area contributed by atoms with Gasteiger partial charge in [0, 0.05) is 17.6 Å². The molecule has 19 heavy (non-hydrogen) atoms. The number of nitrogens with zero attached hydrogens (tertiary/aromatic N) is 3. The van der Waals surface area contributed by atoms with E-state index in [-0.39, 0.29) is 0 Å². The maximum Gasteiger partial charge on any atom is 0.178 e. The summed E-state index contributed by atoms with van der Waals surface area (Å²) in [5.41, 5.74) is 9.46. The normalized spacial score (nSPS) is 10.7. The summed E-state index contributed by atoms with van der Waals surface area (Å²) in [7, 11) is 0. The highest BCUT2D eigenvalue weighted by molar-refractivity contribution is 6.30. The second-order valence-electron chi connectivity index (χ2n) is 4.45. The molecule has 0 aromatic carbocycles. The lowest BCUT2D eigenvalue weighted by molar-refractivity contribution is 0.805. The highest BCUT2D eigenvalue weighted by atomic mass is 35.5. The Hall–Kier alpha value is -1.52. The Morgan fingerprint density at radius 1 is 1.16 bits per heavy atom. The van der Waals surface area contributed by atoms with Crippen LogP contribution in [0.25, 0.3) is 11.5 Å². The minimum absolute atomic E-state index is 0.608. The van der Waals surface area contributed by atoms with Crippen molar-refractivity contribution in [3.63, 3.8) is 0 Å². The van der Waals surface area contributed by atoms with Gasteiger partial charge in [-0.3, -0.25) is 4.98 Å². The third-order valence-corrected chi connectivity index (χ3v) is 3.23. The van der Waals surface area contributed by atoms with Crippen LogP contribution < -0.4 is 5.73 Å². The Morgan fingerprint density at radius 2 is 1.84 bits per heavy atom. The molecular formula is C14H17ClN4. The summed E-state index contributed by atoms with van der Waals surface area (Å²) < 4.78 is 0. The molecule has 0 saturated heterocycles. The molecule has 0 spiro atoms. The average molecular weight is 277 g/mol. The van der Waals surface area contributed by atoms with E-state index in [4.69, 9.17) is 17.3 Å². The average Bonchev–Trinajstić information content (AvgIpc) is 2.38. The molecule has 4 nitrogen and oxygen atoms in total. The van der Waals surface area contributed by atoms with Gasteiger partial charge in [-0.25, -0.2) is 9.97 Å². The first-order valence-electron chi connectivity index (χ1n) is 6.28. The quantitative estimate of drug-likeness (QED) is 0.932. The van der Waals surface area contributed by atoms with E-state index in [0.29, 0.717) is 17.4 Å². The fourth-order valence-electron chi connectivity index (χ4n) is 2.00. The number of aromatic nitrogens is 3. The van der Waals surface area contributed by atoms with Crippen molar-refractivity contribution in [2.24, 2.45) is 5.73 Å². The van der Waals surface area contributed by atoms with Crippen molar-refractivity contribution in [3.05, 3.63) is 40.3 Å². The van der Waals surface area contributed by atoms with Crippen LogP contribution in [-0.2, 0) is 6.42 Å². The molecule has 2 rings (SSSR count). The van der Waals surface area contributed by atoms with E-state index in [0.717, 1.165) is 29.9 Å². The van der Waals surface area contributed by atoms with Gasteiger partial charge >= 0.3 is 0 Å². The zero-order valence-electron chi connectivity index (χ0n) is 11.2. The molecule has 0 unspecified atom stereocenters. The smallest absolute Gasteiger partial charge is 0.178 e. The second-order valence-corrected chi connectivity index (χ2v) is 4.89. The number of hydrogen-bond acceptors (Lipinski definition) is 4. The summed E-state index contributed by atoms with van der Waals surface area (Å²) in [5.74, 6) is 0.642. The topological polar surface area (TPSA) is 64.7 Å². The number of aryl methyl sites for hydroxylation is 2. The van der Waals surface area contributed by atoms with Crippen molar-refractivity contribution < 1.29 is 0 Å². The summed E-state index contributed by atoms with van der Waals surface area (Å²) in [6.45, 7) is 4.68. The van der Waals surface area contributed by atoms with Crippen LogP contribution in [0.2, 0.25) is 5.02 Å². The summed E-state index contributed by atoms with van der Waals surface area (Å²) in [6.07, 6.45) is 3.47. The SMILES string of the molecule is Cc1nc(-c2ccc(Cl)cn2)nc(C)c1CCCN. The maximum atomic E-state index is 5.83. The number of halogens is 1. The van der Waals surface area contributed by atoms with Crippen molar-refractivity contribution in [3.8, 4) is 11.5 Å². The van der Waals surface area contributed by atoms with E-state index >= 15 is 0 Å². The summed E-state index contributed by atoms with van der Waals surface area (Å²) >= 11 is 5.83. The highest BCUT2D eigenvalue weighted by Crippen LogP contribution is 2.19. The van der Waals surface area contributed by atoms with Crippen LogP contribution in [0, 0.1) is 13.8 Å². The Balaban J connectivity index is 2.36. The van der Waals surface area contributed by atoms with Gasteiger partial charge in [-0.1, -0.05) is 11.6 Å². The summed E-state index contributed by atoms with van der Waals surface area (Å²) in [6, 6.07) is 3.62. The molecule has 0 atom stereocenters. The van der Waals surface area contributed by atoms with E-state index in [1.807, 2.05) is 19.9 Å². The van der Waals surface area contributed by atoms with Gasteiger partial charge in [-0.05, 0) is 50.9 Å². The molecule has 0 aliphatic heterocycles. The lowest BCUT2D eigenvalue weighted by atomic mass is 10.1. The molecule has 0 bridgehead atoms. The molecule has 0 amide bonds. The first-order valence-corrected chi connectivity index (χ1v) is 6.65. The predicted octanol–water partition coefficient (Wildman–Crippen LogP) is 2.70. The summed E-state index contributed by atoms with van der Waals surface area (Å²) in [5, 5.41) is 0.608. The fourth-order valence-corrected chi connectivity index (χ4v) is 2.11. The van der Waals surface area contributed by atoms with Gasteiger partial charge in [0.25, 0.3) is 0 Å². The molecule has 100 valence electrons. The molecular weight excluding hydrogens is 260 g/mol. The molecule has 2 heterocycles. The molecule has 0 aliphatic rings. The van der Waals surface area contributed by atoms with Gasteiger partial charge < -0.3 is 5.73 Å². The second kappa shape index (κ2) is 6.08. The molecule has 5 heteroatoms. The highest BCUT2D eigenvalue weighted by Gasteiger charge is 2.10. The van der Waals surface area contributed by atoms with E-state index < -0.39 is 0 Å². The number of pyridine rings is 1. The Kier molecular flexibility index (Phi) is 4.45. The molecule has 2 aromatic rings. The third-order valence-electron chi connectivity index (χ3n) is 3.01. The number of hydrogen-bond donors (Lipinski definition) is 1. The minimum Gasteiger partial charge on any atom is -0.330 e. The van der Waals surface area contributed by atoms with E-state index in [9.17, 15) is 0 Å². The Labute approximate surface area is 118 Å². The van der Waals surface area contributed by atoms with Crippen LogP contribution in [0.5, 0.6) is 0 Å². The van der Waals surface area contributed by atoms with Crippen LogP contribution in [0.4, 0.5) is 0 Å². The Morgan fingerprint density at radius 3 is 2.37 bits per heavy atom. The Bertz CT molecular complexity index is 543. The molecule has 0 fully saturated rings. The van der Waals surface area contributed by atoms with Crippen molar-refractivity contribution in [1.82, 2.24) is 15.0 Å². The lowest BCUT2D eigenvalue weighted by Crippen LogP contribution is -2.06. The van der Waals surface area contributed by atoms with Crippen LogP contribution in [0.3, 0.4) is 0 Å². The largest absolute Gasteiger partial charge is 0.330 e. The van der Waals surface area contributed by atoms with Crippen molar-refractivity contribution >= 4 is 11.6 Å². The molecule has 2 N–H and O–H groups in total. The molecule has 2 aromatic heterocycles. The molecule has 0 saturated carbocycles. The maximum absolute atomic E-state index is 5.83. The lowest BCUT2D eigenvalue weighted by Gasteiger charge is -2.10.